The van der Waals surface area contributed by atoms with Crippen LogP contribution in [0, 0.1) is 0 Å². The Balaban J connectivity index is 1.50. The minimum Gasteiger partial charge on any atom is -0.486 e. The van der Waals surface area contributed by atoms with Crippen molar-refractivity contribution in [1.29, 1.82) is 0 Å². The average molecular weight is 535 g/mol. The summed E-state index contributed by atoms with van der Waals surface area (Å²) in [5, 5.41) is 0.701. The molecule has 0 fully saturated rings. The molecule has 0 bridgehead atoms. The fourth-order valence-electron chi connectivity index (χ4n) is 4.31. The van der Waals surface area contributed by atoms with E-state index in [2.05, 4.69) is 4.98 Å². The summed E-state index contributed by atoms with van der Waals surface area (Å²) in [5.74, 6) is 0.560. The number of benzene rings is 3. The molecule has 0 aliphatic carbocycles. The fraction of sp³-hybridized carbons (Fsp3) is 0.214. The van der Waals surface area contributed by atoms with Crippen molar-refractivity contribution in [3.05, 3.63) is 99.8 Å². The first kappa shape index (κ1) is 25.5. The highest BCUT2D eigenvalue weighted by atomic mass is 32.2. The molecule has 0 radical (unpaired) electrons. The Kier molecular flexibility index (Phi) is 7.17. The van der Waals surface area contributed by atoms with Crippen LogP contribution in [0.1, 0.15) is 21.5 Å². The highest BCUT2D eigenvalue weighted by Gasteiger charge is 2.26. The summed E-state index contributed by atoms with van der Waals surface area (Å²) in [6.45, 7) is 0.849. The first-order valence-electron chi connectivity index (χ1n) is 12.0. The second-order valence-electron chi connectivity index (χ2n) is 8.80. The summed E-state index contributed by atoms with van der Waals surface area (Å²) in [6.07, 6.45) is 0.449. The minimum atomic E-state index is -4.02. The monoisotopic (exact) mass is 534 g/mol. The molecule has 196 valence electrons. The van der Waals surface area contributed by atoms with Gasteiger partial charge in [0, 0.05) is 30.1 Å². The first-order valence-corrected chi connectivity index (χ1v) is 13.5. The van der Waals surface area contributed by atoms with Crippen LogP contribution in [0.4, 0.5) is 0 Å². The molecule has 1 aromatic heterocycles. The molecule has 9 nitrogen and oxygen atoms in total. The van der Waals surface area contributed by atoms with E-state index < -0.39 is 21.6 Å². The molecule has 0 atom stereocenters. The van der Waals surface area contributed by atoms with Crippen LogP contribution in [0.15, 0.2) is 82.5 Å². The van der Waals surface area contributed by atoms with Crippen molar-refractivity contribution in [2.24, 2.45) is 0 Å². The molecule has 4 aromatic rings. The predicted molar refractivity (Wildman–Crippen MR) is 141 cm³/mol. The number of hydrogen-bond acceptors (Lipinski definition) is 7. The second kappa shape index (κ2) is 10.7. The number of pyridine rings is 1. The number of carbonyl (C=O) groups is 1. The van der Waals surface area contributed by atoms with E-state index in [1.807, 2.05) is 30.3 Å². The van der Waals surface area contributed by atoms with E-state index in [4.69, 9.17) is 14.2 Å². The Hall–Kier alpha value is -4.15. The van der Waals surface area contributed by atoms with Crippen molar-refractivity contribution in [3.8, 4) is 11.5 Å². The van der Waals surface area contributed by atoms with Gasteiger partial charge in [0.15, 0.2) is 11.5 Å². The Morgan fingerprint density at radius 1 is 0.974 bits per heavy atom. The molecule has 0 spiro atoms. The molecule has 0 amide bonds. The van der Waals surface area contributed by atoms with Gasteiger partial charge in [-0.2, -0.15) is 4.31 Å². The summed E-state index contributed by atoms with van der Waals surface area (Å²) in [6, 6.07) is 20.2. The lowest BCUT2D eigenvalue weighted by Gasteiger charge is -2.23. The van der Waals surface area contributed by atoms with Crippen molar-refractivity contribution in [2.45, 2.75) is 17.9 Å². The van der Waals surface area contributed by atoms with Crippen LogP contribution < -0.4 is 15.0 Å². The number of methoxy groups -OCH3 is 1. The molecule has 5 rings (SSSR count). The van der Waals surface area contributed by atoms with E-state index in [1.54, 1.807) is 18.2 Å². The Bertz CT molecular complexity index is 1630. The zero-order valence-electron chi connectivity index (χ0n) is 20.7. The summed E-state index contributed by atoms with van der Waals surface area (Å²) in [4.78, 5) is 27.7. The molecule has 0 saturated carbocycles. The number of hydrogen-bond donors (Lipinski definition) is 1. The zero-order valence-corrected chi connectivity index (χ0v) is 21.5. The third-order valence-electron chi connectivity index (χ3n) is 6.34. The largest absolute Gasteiger partial charge is 0.486 e. The maximum absolute atomic E-state index is 13.7. The van der Waals surface area contributed by atoms with Crippen LogP contribution >= 0.6 is 0 Å². The van der Waals surface area contributed by atoms with Crippen LogP contribution in [0.2, 0.25) is 0 Å². The quantitative estimate of drug-likeness (QED) is 0.344. The maximum atomic E-state index is 13.7. The standard InChI is InChI=1S/C28H26N2O7S/c1-35-28(32)20-7-9-23(10-8-20)38(33,34)30(12-11-19-5-3-2-4-6-19)18-22-15-21-16-25-26(37-14-13-36-25)17-24(21)29-27(22)31/h2-10,15-17H,11-14,18H2,1H3,(H,29,31). The predicted octanol–water partition coefficient (Wildman–Crippen LogP) is 3.52. The number of ether oxygens (including phenoxy) is 3. The lowest BCUT2D eigenvalue weighted by atomic mass is 10.1. The highest BCUT2D eigenvalue weighted by molar-refractivity contribution is 7.89. The number of nitrogens with zero attached hydrogens (tertiary/aromatic N) is 1. The molecule has 3 aromatic carbocycles. The number of H-pyrrole nitrogens is 1. The number of fused-ring (bicyclic) bond motifs is 2. The molecule has 10 heteroatoms. The highest BCUT2D eigenvalue weighted by Crippen LogP contribution is 2.34. The topological polar surface area (TPSA) is 115 Å². The molecule has 0 saturated heterocycles. The summed E-state index contributed by atoms with van der Waals surface area (Å²) in [7, 11) is -2.76. The van der Waals surface area contributed by atoms with Crippen molar-refractivity contribution in [1.82, 2.24) is 9.29 Å². The molecule has 1 N–H and O–H groups in total. The van der Waals surface area contributed by atoms with E-state index in [-0.39, 0.29) is 29.1 Å². The van der Waals surface area contributed by atoms with E-state index in [0.717, 1.165) is 5.56 Å². The first-order chi connectivity index (χ1) is 18.3. The van der Waals surface area contributed by atoms with Gasteiger partial charge >= 0.3 is 5.97 Å². The summed E-state index contributed by atoms with van der Waals surface area (Å²) >= 11 is 0. The third kappa shape index (κ3) is 5.27. The minimum absolute atomic E-state index is 0.00931. The van der Waals surface area contributed by atoms with Gasteiger partial charge in [0.05, 0.1) is 23.1 Å². The normalized spacial score (nSPS) is 13.0. The molecule has 1 aliphatic heterocycles. The van der Waals surface area contributed by atoms with Gasteiger partial charge in [-0.15, -0.1) is 0 Å². The number of aromatic amines is 1. The van der Waals surface area contributed by atoms with Crippen LogP contribution in [-0.2, 0) is 27.7 Å². The van der Waals surface area contributed by atoms with Crippen LogP contribution in [0.3, 0.4) is 0 Å². The number of sulfonamides is 1. The van der Waals surface area contributed by atoms with Crippen LogP contribution in [0.25, 0.3) is 10.9 Å². The van der Waals surface area contributed by atoms with Gasteiger partial charge in [-0.3, -0.25) is 4.79 Å². The molecule has 0 unspecified atom stereocenters. The van der Waals surface area contributed by atoms with Crippen LogP contribution in [-0.4, -0.2) is 50.5 Å². The number of esters is 1. The molecule has 38 heavy (non-hydrogen) atoms. The van der Waals surface area contributed by atoms with Gasteiger partial charge in [0.25, 0.3) is 5.56 Å². The van der Waals surface area contributed by atoms with Gasteiger partial charge in [-0.1, -0.05) is 30.3 Å². The van der Waals surface area contributed by atoms with Crippen molar-refractivity contribution in [2.75, 3.05) is 26.9 Å². The SMILES string of the molecule is COC(=O)c1ccc(S(=O)(=O)N(CCc2ccccc2)Cc2cc3cc4c(cc3[nH]c2=O)OCCO4)cc1. The molecule has 1 aliphatic rings. The van der Waals surface area contributed by atoms with E-state index in [9.17, 15) is 18.0 Å². The number of nitrogens with one attached hydrogen (secondary N) is 1. The van der Waals surface area contributed by atoms with E-state index >= 15 is 0 Å². The average Bonchev–Trinajstić information content (AvgIpc) is 2.94. The fourth-order valence-corrected chi connectivity index (χ4v) is 5.73. The van der Waals surface area contributed by atoms with Crippen LogP contribution in [0.5, 0.6) is 11.5 Å². The van der Waals surface area contributed by atoms with Crippen molar-refractivity contribution >= 4 is 26.9 Å². The number of rotatable bonds is 8. The second-order valence-corrected chi connectivity index (χ2v) is 10.7. The van der Waals surface area contributed by atoms with Gasteiger partial charge in [-0.05, 0) is 48.4 Å². The Morgan fingerprint density at radius 3 is 2.34 bits per heavy atom. The summed E-state index contributed by atoms with van der Waals surface area (Å²) in [5.41, 5.74) is 1.67. The summed E-state index contributed by atoms with van der Waals surface area (Å²) < 4.78 is 44.7. The lowest BCUT2D eigenvalue weighted by Crippen LogP contribution is -2.34. The third-order valence-corrected chi connectivity index (χ3v) is 8.20. The number of aromatic nitrogens is 1. The van der Waals surface area contributed by atoms with Gasteiger partial charge < -0.3 is 19.2 Å². The molecular formula is C28H26N2O7S. The maximum Gasteiger partial charge on any atom is 0.337 e. The Morgan fingerprint density at radius 2 is 1.66 bits per heavy atom. The van der Waals surface area contributed by atoms with E-state index in [1.165, 1.54) is 35.7 Å². The molecule has 2 heterocycles. The van der Waals surface area contributed by atoms with Gasteiger partial charge in [0.1, 0.15) is 13.2 Å². The Labute approximate surface area is 219 Å². The van der Waals surface area contributed by atoms with Gasteiger partial charge in [-0.25, -0.2) is 13.2 Å². The van der Waals surface area contributed by atoms with E-state index in [0.29, 0.717) is 42.0 Å². The molecular weight excluding hydrogens is 508 g/mol. The van der Waals surface area contributed by atoms with Crippen molar-refractivity contribution < 1.29 is 27.4 Å². The smallest absolute Gasteiger partial charge is 0.337 e. The van der Waals surface area contributed by atoms with Crippen molar-refractivity contribution in [3.63, 3.8) is 0 Å². The number of carbonyl (C=O) groups excluding carboxylic acids is 1. The zero-order chi connectivity index (χ0) is 26.7. The lowest BCUT2D eigenvalue weighted by molar-refractivity contribution is 0.0600. The van der Waals surface area contributed by atoms with Gasteiger partial charge in [0.2, 0.25) is 10.0 Å².